The largest absolute Gasteiger partial charge is 0.356 e. The van der Waals surface area contributed by atoms with Crippen LogP contribution < -0.4 is 5.32 Å². The van der Waals surface area contributed by atoms with Crippen molar-refractivity contribution >= 4 is 17.2 Å². The zero-order valence-electron chi connectivity index (χ0n) is 11.6. The summed E-state index contributed by atoms with van der Waals surface area (Å²) in [5.74, 6) is 0.141. The Balaban J connectivity index is 1.60. The molecule has 0 aromatic carbocycles. The van der Waals surface area contributed by atoms with Gasteiger partial charge in [-0.15, -0.1) is 11.3 Å². The number of aryl methyl sites for hydroxylation is 2. The maximum Gasteiger partial charge on any atom is 0.220 e. The second-order valence-electron chi connectivity index (χ2n) is 5.07. The fourth-order valence-corrected chi connectivity index (χ4v) is 2.99. The van der Waals surface area contributed by atoms with E-state index in [0.717, 1.165) is 30.1 Å². The van der Waals surface area contributed by atoms with Crippen molar-refractivity contribution in [2.75, 3.05) is 6.54 Å². The average molecular weight is 278 g/mol. The summed E-state index contributed by atoms with van der Waals surface area (Å²) in [6.07, 6.45) is 9.71. The summed E-state index contributed by atoms with van der Waals surface area (Å²) < 4.78 is 0. The van der Waals surface area contributed by atoms with Crippen molar-refractivity contribution in [2.24, 2.45) is 0 Å². The topological polar surface area (TPSA) is 42.0 Å². The Labute approximate surface area is 119 Å². The van der Waals surface area contributed by atoms with Crippen molar-refractivity contribution in [3.05, 3.63) is 27.7 Å². The van der Waals surface area contributed by atoms with Gasteiger partial charge >= 0.3 is 0 Å². The van der Waals surface area contributed by atoms with Crippen LogP contribution >= 0.6 is 11.3 Å². The standard InChI is InChI=1S/C15H22N2OS/c1-12-17-14(11-19-12)7-8-15(18)16-10-9-13-5-3-2-4-6-13/h5,11H,2-4,6-10H2,1H3,(H,16,18). The maximum atomic E-state index is 11.7. The lowest BCUT2D eigenvalue weighted by molar-refractivity contribution is -0.121. The van der Waals surface area contributed by atoms with Gasteiger partial charge in [0.1, 0.15) is 0 Å². The molecule has 0 unspecified atom stereocenters. The quantitative estimate of drug-likeness (QED) is 0.810. The molecule has 0 spiro atoms. The molecule has 1 N–H and O–H groups in total. The minimum Gasteiger partial charge on any atom is -0.356 e. The van der Waals surface area contributed by atoms with Gasteiger partial charge < -0.3 is 5.32 Å². The van der Waals surface area contributed by atoms with Crippen LogP contribution in [0.4, 0.5) is 0 Å². The number of rotatable bonds is 6. The summed E-state index contributed by atoms with van der Waals surface area (Å²) in [6.45, 7) is 2.77. The molecule has 0 radical (unpaired) electrons. The van der Waals surface area contributed by atoms with E-state index in [-0.39, 0.29) is 5.91 Å². The first-order chi connectivity index (χ1) is 9.24. The third kappa shape index (κ3) is 5.15. The molecule has 0 atom stereocenters. The van der Waals surface area contributed by atoms with E-state index < -0.39 is 0 Å². The van der Waals surface area contributed by atoms with Crippen molar-refractivity contribution in [1.29, 1.82) is 0 Å². The van der Waals surface area contributed by atoms with Crippen LogP contribution in [0.5, 0.6) is 0 Å². The fraction of sp³-hybridized carbons (Fsp3) is 0.600. The van der Waals surface area contributed by atoms with Gasteiger partial charge in [-0.3, -0.25) is 4.79 Å². The van der Waals surface area contributed by atoms with Gasteiger partial charge in [0.05, 0.1) is 10.7 Å². The molecule has 1 aromatic rings. The van der Waals surface area contributed by atoms with Crippen LogP contribution in [-0.2, 0) is 11.2 Å². The molecule has 1 aliphatic carbocycles. The molecule has 1 heterocycles. The number of hydrogen-bond acceptors (Lipinski definition) is 3. The minimum absolute atomic E-state index is 0.141. The molecule has 3 nitrogen and oxygen atoms in total. The average Bonchev–Trinajstić information content (AvgIpc) is 2.83. The summed E-state index contributed by atoms with van der Waals surface area (Å²) in [5.41, 5.74) is 2.55. The number of carbonyl (C=O) groups excluding carboxylic acids is 1. The van der Waals surface area contributed by atoms with E-state index in [1.165, 1.54) is 31.3 Å². The molecule has 0 saturated carbocycles. The number of thiazole rings is 1. The number of amides is 1. The number of hydrogen-bond donors (Lipinski definition) is 1. The maximum absolute atomic E-state index is 11.7. The van der Waals surface area contributed by atoms with Crippen LogP contribution in [0.3, 0.4) is 0 Å². The number of allylic oxidation sites excluding steroid dienone is 1. The second-order valence-corrected chi connectivity index (χ2v) is 6.13. The first-order valence-corrected chi connectivity index (χ1v) is 7.97. The molecule has 0 fully saturated rings. The molecule has 104 valence electrons. The van der Waals surface area contributed by atoms with Crippen molar-refractivity contribution < 1.29 is 4.79 Å². The van der Waals surface area contributed by atoms with Crippen LogP contribution in [0, 0.1) is 6.92 Å². The highest BCUT2D eigenvalue weighted by Crippen LogP contribution is 2.19. The van der Waals surface area contributed by atoms with Crippen LogP contribution in [0.25, 0.3) is 0 Å². The van der Waals surface area contributed by atoms with Gasteiger partial charge in [-0.25, -0.2) is 4.98 Å². The second kappa shape index (κ2) is 7.43. The van der Waals surface area contributed by atoms with Crippen LogP contribution in [0.1, 0.15) is 49.2 Å². The van der Waals surface area contributed by atoms with Gasteiger partial charge in [-0.05, 0) is 45.4 Å². The minimum atomic E-state index is 0.141. The molecule has 19 heavy (non-hydrogen) atoms. The predicted octanol–water partition coefficient (Wildman–Crippen LogP) is 3.39. The summed E-state index contributed by atoms with van der Waals surface area (Å²) >= 11 is 1.64. The molecular weight excluding hydrogens is 256 g/mol. The molecule has 1 amide bonds. The molecule has 0 saturated heterocycles. The molecule has 0 aliphatic heterocycles. The van der Waals surface area contributed by atoms with Gasteiger partial charge in [0.15, 0.2) is 0 Å². The van der Waals surface area contributed by atoms with Crippen LogP contribution in [0.2, 0.25) is 0 Å². The van der Waals surface area contributed by atoms with Gasteiger partial charge in [0.25, 0.3) is 0 Å². The molecule has 2 rings (SSSR count). The highest BCUT2D eigenvalue weighted by molar-refractivity contribution is 7.09. The van der Waals surface area contributed by atoms with E-state index in [9.17, 15) is 4.79 Å². The third-order valence-corrected chi connectivity index (χ3v) is 4.25. The van der Waals surface area contributed by atoms with E-state index in [1.807, 2.05) is 12.3 Å². The Hall–Kier alpha value is -1.16. The summed E-state index contributed by atoms with van der Waals surface area (Å²) in [7, 11) is 0. The Kier molecular flexibility index (Phi) is 5.58. The number of nitrogens with zero attached hydrogens (tertiary/aromatic N) is 1. The predicted molar refractivity (Wildman–Crippen MR) is 79.3 cm³/mol. The number of carbonyl (C=O) groups is 1. The summed E-state index contributed by atoms with van der Waals surface area (Å²) in [6, 6.07) is 0. The van der Waals surface area contributed by atoms with Crippen LogP contribution in [0.15, 0.2) is 17.0 Å². The molecule has 4 heteroatoms. The van der Waals surface area contributed by atoms with Gasteiger partial charge in [-0.1, -0.05) is 11.6 Å². The van der Waals surface area contributed by atoms with E-state index in [0.29, 0.717) is 6.42 Å². The van der Waals surface area contributed by atoms with E-state index >= 15 is 0 Å². The number of nitrogens with one attached hydrogen (secondary N) is 1. The lowest BCUT2D eigenvalue weighted by atomic mass is 9.97. The molecule has 1 aromatic heterocycles. The Morgan fingerprint density at radius 2 is 2.32 bits per heavy atom. The molecule has 0 bridgehead atoms. The highest BCUT2D eigenvalue weighted by atomic mass is 32.1. The SMILES string of the molecule is Cc1nc(CCC(=O)NCCC2=CCCCC2)cs1. The smallest absolute Gasteiger partial charge is 0.220 e. The zero-order valence-corrected chi connectivity index (χ0v) is 12.4. The Morgan fingerprint density at radius 3 is 3.00 bits per heavy atom. The summed E-state index contributed by atoms with van der Waals surface area (Å²) in [4.78, 5) is 16.1. The van der Waals surface area contributed by atoms with Gasteiger partial charge in [0.2, 0.25) is 5.91 Å². The lowest BCUT2D eigenvalue weighted by Gasteiger charge is -2.12. The van der Waals surface area contributed by atoms with Crippen molar-refractivity contribution in [2.45, 2.75) is 51.9 Å². The number of aromatic nitrogens is 1. The van der Waals surface area contributed by atoms with Crippen molar-refractivity contribution in [3.63, 3.8) is 0 Å². The highest BCUT2D eigenvalue weighted by Gasteiger charge is 2.06. The van der Waals surface area contributed by atoms with Gasteiger partial charge in [-0.2, -0.15) is 0 Å². The Bertz CT molecular complexity index is 451. The zero-order chi connectivity index (χ0) is 13.5. The normalized spacial score (nSPS) is 15.1. The van der Waals surface area contributed by atoms with Gasteiger partial charge in [0, 0.05) is 18.3 Å². The monoisotopic (exact) mass is 278 g/mol. The fourth-order valence-electron chi connectivity index (χ4n) is 2.35. The lowest BCUT2D eigenvalue weighted by Crippen LogP contribution is -2.25. The summed E-state index contributed by atoms with van der Waals surface area (Å²) in [5, 5.41) is 6.11. The van der Waals surface area contributed by atoms with E-state index in [1.54, 1.807) is 11.3 Å². The Morgan fingerprint density at radius 1 is 1.42 bits per heavy atom. The first-order valence-electron chi connectivity index (χ1n) is 7.09. The molecule has 1 aliphatic rings. The van der Waals surface area contributed by atoms with Crippen LogP contribution in [-0.4, -0.2) is 17.4 Å². The van der Waals surface area contributed by atoms with Crippen molar-refractivity contribution in [3.8, 4) is 0 Å². The molecular formula is C15H22N2OS. The third-order valence-electron chi connectivity index (χ3n) is 3.43. The van der Waals surface area contributed by atoms with Crippen molar-refractivity contribution in [1.82, 2.24) is 10.3 Å². The van der Waals surface area contributed by atoms with E-state index in [4.69, 9.17) is 0 Å². The van der Waals surface area contributed by atoms with E-state index in [2.05, 4.69) is 16.4 Å². The first kappa shape index (κ1) is 14.3.